The van der Waals surface area contributed by atoms with E-state index in [4.69, 9.17) is 20.5 Å². The third-order valence-corrected chi connectivity index (χ3v) is 4.08. The van der Waals surface area contributed by atoms with Gasteiger partial charge in [-0.3, -0.25) is 4.79 Å². The van der Waals surface area contributed by atoms with E-state index in [1.165, 1.54) is 6.08 Å². The number of carbonyl (C=O) groups excluding carboxylic acids is 1. The molecule has 25 heavy (non-hydrogen) atoms. The third-order valence-electron chi connectivity index (χ3n) is 3.31. The summed E-state index contributed by atoms with van der Waals surface area (Å²) in [6.07, 6.45) is 1.42. The van der Waals surface area contributed by atoms with Gasteiger partial charge in [0.25, 0.3) is 5.91 Å². The average molecular weight is 401 g/mol. The number of carbonyl (C=O) groups is 1. The van der Waals surface area contributed by atoms with Gasteiger partial charge < -0.3 is 15.2 Å². The lowest BCUT2D eigenvalue weighted by Gasteiger charge is -2.13. The number of halogens is 1. The molecule has 6 heteroatoms. The van der Waals surface area contributed by atoms with Gasteiger partial charge in [-0.05, 0) is 36.8 Å². The molecule has 5 nitrogen and oxygen atoms in total. The Balaban J connectivity index is 2.26. The Bertz CT molecular complexity index is 841. The average Bonchev–Trinajstić information content (AvgIpc) is 2.60. The highest BCUT2D eigenvalue weighted by Gasteiger charge is 2.09. The molecule has 0 fully saturated rings. The van der Waals surface area contributed by atoms with Crippen molar-refractivity contribution in [3.8, 4) is 17.6 Å². The lowest BCUT2D eigenvalue weighted by Crippen LogP contribution is -2.12. The fourth-order valence-electron chi connectivity index (χ4n) is 2.10. The lowest BCUT2D eigenvalue weighted by atomic mass is 10.1. The number of amides is 1. The zero-order valence-corrected chi connectivity index (χ0v) is 15.2. The van der Waals surface area contributed by atoms with E-state index in [9.17, 15) is 4.79 Å². The van der Waals surface area contributed by atoms with Gasteiger partial charge in [-0.15, -0.1) is 0 Å². The molecule has 0 saturated heterocycles. The molecule has 0 radical (unpaired) electrons. The van der Waals surface area contributed by atoms with Crippen molar-refractivity contribution < 1.29 is 14.3 Å². The summed E-state index contributed by atoms with van der Waals surface area (Å²) in [6.45, 7) is 2.70. The molecule has 0 aliphatic heterocycles. The molecule has 1 amide bonds. The second kappa shape index (κ2) is 8.90. The second-order valence-electron chi connectivity index (χ2n) is 5.05. The lowest BCUT2D eigenvalue weighted by molar-refractivity contribution is -0.114. The highest BCUT2D eigenvalue weighted by molar-refractivity contribution is 9.10. The zero-order valence-electron chi connectivity index (χ0n) is 13.7. The van der Waals surface area contributed by atoms with Crippen LogP contribution in [0.3, 0.4) is 0 Å². The number of rotatable bonds is 7. The van der Waals surface area contributed by atoms with Crippen LogP contribution < -0.4 is 15.2 Å². The van der Waals surface area contributed by atoms with Gasteiger partial charge in [-0.2, -0.15) is 5.26 Å². The van der Waals surface area contributed by atoms with Crippen LogP contribution in [0.15, 0.2) is 52.5 Å². The first-order chi connectivity index (χ1) is 12.0. The number of nitrogens with zero attached hydrogens (tertiary/aromatic N) is 1. The number of nitriles is 1. The van der Waals surface area contributed by atoms with Gasteiger partial charge in [0.2, 0.25) is 0 Å². The van der Waals surface area contributed by atoms with E-state index in [1.54, 1.807) is 24.3 Å². The van der Waals surface area contributed by atoms with Crippen molar-refractivity contribution in [3.63, 3.8) is 0 Å². The van der Waals surface area contributed by atoms with Crippen LogP contribution in [0, 0.1) is 11.3 Å². The fourth-order valence-corrected chi connectivity index (χ4v) is 2.50. The SMILES string of the molecule is CCOc1cc(/C=C(\C#N)C(N)=O)ccc1OCc1ccccc1Br. The number of benzene rings is 2. The van der Waals surface area contributed by atoms with Gasteiger partial charge in [0.15, 0.2) is 11.5 Å². The summed E-state index contributed by atoms with van der Waals surface area (Å²) < 4.78 is 12.4. The monoisotopic (exact) mass is 400 g/mol. The molecule has 2 aromatic carbocycles. The van der Waals surface area contributed by atoms with Crippen LogP contribution in [-0.2, 0) is 11.4 Å². The predicted octanol–water partition coefficient (Wildman–Crippen LogP) is 3.82. The summed E-state index contributed by atoms with van der Waals surface area (Å²) in [7, 11) is 0. The van der Waals surface area contributed by atoms with E-state index in [0.717, 1.165) is 10.0 Å². The predicted molar refractivity (Wildman–Crippen MR) is 98.9 cm³/mol. The van der Waals surface area contributed by atoms with Crippen LogP contribution in [0.5, 0.6) is 11.5 Å². The Labute approximate surface area is 154 Å². The van der Waals surface area contributed by atoms with Gasteiger partial charge in [0, 0.05) is 10.0 Å². The van der Waals surface area contributed by atoms with E-state index in [2.05, 4.69) is 15.9 Å². The number of hydrogen-bond donors (Lipinski definition) is 1. The van der Waals surface area contributed by atoms with Gasteiger partial charge in [-0.1, -0.05) is 40.2 Å². The van der Waals surface area contributed by atoms with Gasteiger partial charge in [0.1, 0.15) is 18.2 Å². The van der Waals surface area contributed by atoms with Crippen molar-refractivity contribution in [1.29, 1.82) is 5.26 Å². The summed E-state index contributed by atoms with van der Waals surface area (Å²) in [5.41, 5.74) is 6.68. The first-order valence-corrected chi connectivity index (χ1v) is 8.39. The summed E-state index contributed by atoms with van der Waals surface area (Å²) in [5.74, 6) is 0.340. The molecular formula is C19H17BrN2O3. The molecule has 0 aromatic heterocycles. The van der Waals surface area contributed by atoms with Crippen LogP contribution in [0.4, 0.5) is 0 Å². The number of primary amides is 1. The van der Waals surface area contributed by atoms with Gasteiger partial charge in [-0.25, -0.2) is 0 Å². The minimum atomic E-state index is -0.769. The Morgan fingerprint density at radius 2 is 2.00 bits per heavy atom. The van der Waals surface area contributed by atoms with Crippen molar-refractivity contribution >= 4 is 27.9 Å². The van der Waals surface area contributed by atoms with E-state index >= 15 is 0 Å². The minimum absolute atomic E-state index is 0.121. The van der Waals surface area contributed by atoms with E-state index in [-0.39, 0.29) is 5.57 Å². The molecule has 0 aliphatic carbocycles. The van der Waals surface area contributed by atoms with Crippen molar-refractivity contribution in [2.45, 2.75) is 13.5 Å². The molecule has 0 saturated carbocycles. The van der Waals surface area contributed by atoms with Crippen LogP contribution in [0.1, 0.15) is 18.1 Å². The first-order valence-electron chi connectivity index (χ1n) is 7.59. The van der Waals surface area contributed by atoms with Crippen molar-refractivity contribution in [2.24, 2.45) is 5.73 Å². The molecule has 2 rings (SSSR count). The summed E-state index contributed by atoms with van der Waals surface area (Å²) >= 11 is 3.49. The third kappa shape index (κ3) is 5.10. The molecule has 0 aliphatic rings. The first kappa shape index (κ1) is 18.6. The van der Waals surface area contributed by atoms with Crippen LogP contribution in [0.2, 0.25) is 0 Å². The highest BCUT2D eigenvalue weighted by atomic mass is 79.9. The Morgan fingerprint density at radius 1 is 1.24 bits per heavy atom. The van der Waals surface area contributed by atoms with E-state index < -0.39 is 5.91 Å². The summed E-state index contributed by atoms with van der Waals surface area (Å²) in [6, 6.07) is 14.7. The summed E-state index contributed by atoms with van der Waals surface area (Å²) in [4.78, 5) is 11.2. The van der Waals surface area contributed by atoms with Crippen molar-refractivity contribution in [3.05, 3.63) is 63.6 Å². The van der Waals surface area contributed by atoms with Crippen molar-refractivity contribution in [2.75, 3.05) is 6.61 Å². The van der Waals surface area contributed by atoms with Gasteiger partial charge >= 0.3 is 0 Å². The Hall–Kier alpha value is -2.78. The molecule has 0 bridgehead atoms. The fraction of sp³-hybridized carbons (Fsp3) is 0.158. The topological polar surface area (TPSA) is 85.3 Å². The molecular weight excluding hydrogens is 384 g/mol. The van der Waals surface area contributed by atoms with Gasteiger partial charge in [0.05, 0.1) is 6.61 Å². The highest BCUT2D eigenvalue weighted by Crippen LogP contribution is 2.30. The zero-order chi connectivity index (χ0) is 18.2. The molecule has 0 unspecified atom stereocenters. The number of ether oxygens (including phenoxy) is 2. The quantitative estimate of drug-likeness (QED) is 0.565. The minimum Gasteiger partial charge on any atom is -0.490 e. The van der Waals surface area contributed by atoms with E-state index in [0.29, 0.717) is 30.3 Å². The number of nitrogens with two attached hydrogens (primary N) is 1. The molecule has 128 valence electrons. The molecule has 0 heterocycles. The molecule has 2 aromatic rings. The normalized spacial score (nSPS) is 10.8. The largest absolute Gasteiger partial charge is 0.490 e. The second-order valence-corrected chi connectivity index (χ2v) is 5.91. The molecule has 0 spiro atoms. The maximum absolute atomic E-state index is 11.2. The maximum atomic E-state index is 11.2. The number of hydrogen-bond acceptors (Lipinski definition) is 4. The summed E-state index contributed by atoms with van der Waals surface area (Å²) in [5, 5.41) is 8.94. The Morgan fingerprint density at radius 3 is 2.64 bits per heavy atom. The Kier molecular flexibility index (Phi) is 6.61. The maximum Gasteiger partial charge on any atom is 0.259 e. The van der Waals surface area contributed by atoms with Crippen LogP contribution >= 0.6 is 15.9 Å². The standard InChI is InChI=1S/C19H17BrN2O3/c1-2-24-18-10-13(9-15(11-21)19(22)23)7-8-17(18)25-12-14-5-3-4-6-16(14)20/h3-10H,2,12H2,1H3,(H2,22,23)/b15-9+. The van der Waals surface area contributed by atoms with E-state index in [1.807, 2.05) is 31.2 Å². The molecule has 0 atom stereocenters. The van der Waals surface area contributed by atoms with Crippen LogP contribution in [0.25, 0.3) is 6.08 Å². The smallest absolute Gasteiger partial charge is 0.259 e. The van der Waals surface area contributed by atoms with Crippen molar-refractivity contribution in [1.82, 2.24) is 0 Å². The molecule has 2 N–H and O–H groups in total. The van der Waals surface area contributed by atoms with Crippen LogP contribution in [-0.4, -0.2) is 12.5 Å².